The molecule has 0 saturated heterocycles. The first-order valence-corrected chi connectivity index (χ1v) is 6.47. The number of aromatic nitrogens is 2. The maximum Gasteiger partial charge on any atom is 0.341 e. The number of rotatable bonds is 4. The van der Waals surface area contributed by atoms with Crippen molar-refractivity contribution in [2.45, 2.75) is 20.0 Å². The predicted octanol–water partition coefficient (Wildman–Crippen LogP) is 1.93. The number of aromatic carboxylic acids is 1. The van der Waals surface area contributed by atoms with Crippen LogP contribution >= 0.6 is 0 Å². The number of aryl methyl sites for hydroxylation is 1. The first kappa shape index (κ1) is 14.8. The van der Waals surface area contributed by atoms with Crippen LogP contribution in [0.1, 0.15) is 24.2 Å². The van der Waals surface area contributed by atoms with E-state index in [1.54, 1.807) is 18.2 Å². The summed E-state index contributed by atoms with van der Waals surface area (Å²) in [7, 11) is 1.42. The molecule has 0 aliphatic carbocycles. The van der Waals surface area contributed by atoms with Gasteiger partial charge in [0, 0.05) is 12.6 Å². The first-order valence-electron chi connectivity index (χ1n) is 6.47. The molecule has 0 aliphatic rings. The van der Waals surface area contributed by atoms with E-state index in [2.05, 4.69) is 5.10 Å². The van der Waals surface area contributed by atoms with Crippen LogP contribution in [0.25, 0.3) is 11.3 Å². The molecule has 1 aromatic carbocycles. The molecule has 0 atom stereocenters. The van der Waals surface area contributed by atoms with Crippen LogP contribution < -0.4 is 10.3 Å². The molecule has 1 heterocycles. The molecular formula is C15H16N2O4. The second kappa shape index (κ2) is 5.78. The third-order valence-electron chi connectivity index (χ3n) is 2.80. The van der Waals surface area contributed by atoms with E-state index < -0.39 is 11.5 Å². The average Bonchev–Trinajstić information content (AvgIpc) is 2.41. The Bertz CT molecular complexity index is 735. The van der Waals surface area contributed by atoms with Crippen molar-refractivity contribution in [2.75, 3.05) is 0 Å². The summed E-state index contributed by atoms with van der Waals surface area (Å²) in [5, 5.41) is 13.2. The third kappa shape index (κ3) is 3.28. The van der Waals surface area contributed by atoms with Crippen LogP contribution in [0.4, 0.5) is 0 Å². The lowest BCUT2D eigenvalue weighted by Crippen LogP contribution is -2.26. The molecule has 6 heteroatoms. The maximum absolute atomic E-state index is 11.7. The summed E-state index contributed by atoms with van der Waals surface area (Å²) in [6.45, 7) is 3.83. The highest BCUT2D eigenvalue weighted by Crippen LogP contribution is 2.22. The van der Waals surface area contributed by atoms with Crippen molar-refractivity contribution in [3.63, 3.8) is 0 Å². The molecule has 0 aliphatic heterocycles. The Morgan fingerprint density at radius 1 is 1.33 bits per heavy atom. The molecule has 0 fully saturated rings. The summed E-state index contributed by atoms with van der Waals surface area (Å²) in [6.07, 6.45) is 0.0305. The van der Waals surface area contributed by atoms with Crippen LogP contribution in [0.15, 0.2) is 35.1 Å². The normalized spacial score (nSPS) is 10.7. The summed E-state index contributed by atoms with van der Waals surface area (Å²) in [6, 6.07) is 8.42. The van der Waals surface area contributed by atoms with Gasteiger partial charge in [-0.25, -0.2) is 9.48 Å². The molecule has 1 aromatic heterocycles. The largest absolute Gasteiger partial charge is 0.491 e. The van der Waals surface area contributed by atoms with E-state index >= 15 is 0 Å². The quantitative estimate of drug-likeness (QED) is 0.929. The highest BCUT2D eigenvalue weighted by Gasteiger charge is 2.14. The van der Waals surface area contributed by atoms with Crippen LogP contribution in [-0.2, 0) is 7.05 Å². The Labute approximate surface area is 121 Å². The zero-order valence-corrected chi connectivity index (χ0v) is 12.0. The van der Waals surface area contributed by atoms with Gasteiger partial charge >= 0.3 is 5.97 Å². The van der Waals surface area contributed by atoms with E-state index in [4.69, 9.17) is 9.84 Å². The molecule has 0 bridgehead atoms. The van der Waals surface area contributed by atoms with Crippen molar-refractivity contribution in [1.29, 1.82) is 0 Å². The molecule has 6 nitrogen and oxygen atoms in total. The molecule has 0 radical (unpaired) electrons. The van der Waals surface area contributed by atoms with Crippen LogP contribution in [0, 0.1) is 0 Å². The fourth-order valence-electron chi connectivity index (χ4n) is 1.90. The van der Waals surface area contributed by atoms with Gasteiger partial charge in [-0.2, -0.15) is 5.10 Å². The second-order valence-electron chi connectivity index (χ2n) is 4.87. The molecule has 110 valence electrons. The van der Waals surface area contributed by atoms with Gasteiger partial charge in [-0.1, -0.05) is 12.1 Å². The van der Waals surface area contributed by atoms with Gasteiger partial charge in [0.05, 0.1) is 11.8 Å². The molecule has 0 amide bonds. The van der Waals surface area contributed by atoms with Gasteiger partial charge in [0.1, 0.15) is 11.3 Å². The minimum absolute atomic E-state index is 0.0305. The van der Waals surface area contributed by atoms with Crippen molar-refractivity contribution in [1.82, 2.24) is 9.78 Å². The Balaban J connectivity index is 2.52. The number of carboxylic acids is 1. The number of ether oxygens (including phenoxy) is 1. The number of nitrogens with zero attached hydrogens (tertiary/aromatic N) is 2. The van der Waals surface area contributed by atoms with Crippen molar-refractivity contribution < 1.29 is 14.6 Å². The lowest BCUT2D eigenvalue weighted by molar-refractivity contribution is 0.0694. The number of carboxylic acid groups (broad SMARTS) is 1. The lowest BCUT2D eigenvalue weighted by atomic mass is 10.1. The van der Waals surface area contributed by atoms with Crippen molar-refractivity contribution >= 4 is 5.97 Å². The average molecular weight is 288 g/mol. The third-order valence-corrected chi connectivity index (χ3v) is 2.80. The van der Waals surface area contributed by atoms with E-state index in [0.29, 0.717) is 17.0 Å². The van der Waals surface area contributed by atoms with Gasteiger partial charge in [0.25, 0.3) is 5.56 Å². The Morgan fingerprint density at radius 2 is 2.05 bits per heavy atom. The van der Waals surface area contributed by atoms with Gasteiger partial charge in [-0.05, 0) is 32.0 Å². The van der Waals surface area contributed by atoms with Crippen molar-refractivity contribution in [3.8, 4) is 17.0 Å². The highest BCUT2D eigenvalue weighted by atomic mass is 16.5. The molecule has 2 aromatic rings. The number of carbonyl (C=O) groups is 1. The van der Waals surface area contributed by atoms with Gasteiger partial charge in [0.2, 0.25) is 0 Å². The number of hydrogen-bond acceptors (Lipinski definition) is 4. The van der Waals surface area contributed by atoms with E-state index in [9.17, 15) is 9.59 Å². The number of hydrogen-bond donors (Lipinski definition) is 1. The van der Waals surface area contributed by atoms with E-state index in [1.165, 1.54) is 13.1 Å². The molecule has 0 saturated carbocycles. The Hall–Kier alpha value is -2.63. The van der Waals surface area contributed by atoms with Crippen molar-refractivity contribution in [2.24, 2.45) is 7.05 Å². The van der Waals surface area contributed by atoms with Crippen LogP contribution in [-0.4, -0.2) is 27.0 Å². The first-order chi connectivity index (χ1) is 9.88. The second-order valence-corrected chi connectivity index (χ2v) is 4.87. The maximum atomic E-state index is 11.7. The molecule has 0 unspecified atom stereocenters. The van der Waals surface area contributed by atoms with Gasteiger partial charge in [0.15, 0.2) is 0 Å². The minimum Gasteiger partial charge on any atom is -0.491 e. The molecule has 21 heavy (non-hydrogen) atoms. The fourth-order valence-corrected chi connectivity index (χ4v) is 1.90. The topological polar surface area (TPSA) is 81.4 Å². The van der Waals surface area contributed by atoms with Crippen LogP contribution in [0.5, 0.6) is 5.75 Å². The molecule has 2 rings (SSSR count). The molecule has 1 N–H and O–H groups in total. The summed E-state index contributed by atoms with van der Waals surface area (Å²) in [4.78, 5) is 22.8. The Kier molecular flexibility index (Phi) is 4.07. The predicted molar refractivity (Wildman–Crippen MR) is 77.6 cm³/mol. The number of benzene rings is 1. The van der Waals surface area contributed by atoms with Crippen molar-refractivity contribution in [3.05, 3.63) is 46.2 Å². The van der Waals surface area contributed by atoms with Crippen LogP contribution in [0.2, 0.25) is 0 Å². The summed E-state index contributed by atoms with van der Waals surface area (Å²) < 4.78 is 6.62. The standard InChI is InChI=1S/C15H16N2O4/c1-9(2)21-11-6-4-5-10(7-11)13-8-12(15(19)20)14(18)17(3)16-13/h4-9H,1-3H3,(H,19,20). The summed E-state index contributed by atoms with van der Waals surface area (Å²) in [5.41, 5.74) is 0.147. The SMILES string of the molecule is CC(C)Oc1cccc(-c2cc(C(=O)O)c(=O)n(C)n2)c1. The summed E-state index contributed by atoms with van der Waals surface area (Å²) >= 11 is 0. The lowest BCUT2D eigenvalue weighted by Gasteiger charge is -2.11. The fraction of sp³-hybridized carbons (Fsp3) is 0.267. The molecular weight excluding hydrogens is 272 g/mol. The van der Waals surface area contributed by atoms with E-state index in [0.717, 1.165) is 4.68 Å². The zero-order chi connectivity index (χ0) is 15.6. The van der Waals surface area contributed by atoms with Gasteiger partial charge in [-0.15, -0.1) is 0 Å². The van der Waals surface area contributed by atoms with E-state index in [1.807, 2.05) is 19.9 Å². The Morgan fingerprint density at radius 3 is 2.67 bits per heavy atom. The van der Waals surface area contributed by atoms with Crippen LogP contribution in [0.3, 0.4) is 0 Å². The highest BCUT2D eigenvalue weighted by molar-refractivity contribution is 5.88. The zero-order valence-electron chi connectivity index (χ0n) is 12.0. The summed E-state index contributed by atoms with van der Waals surface area (Å²) in [5.74, 6) is -0.608. The van der Waals surface area contributed by atoms with E-state index in [-0.39, 0.29) is 11.7 Å². The monoisotopic (exact) mass is 288 g/mol. The molecule has 0 spiro atoms. The minimum atomic E-state index is -1.27. The van der Waals surface area contributed by atoms with Gasteiger partial charge in [-0.3, -0.25) is 4.79 Å². The smallest absolute Gasteiger partial charge is 0.341 e. The van der Waals surface area contributed by atoms with Gasteiger partial charge < -0.3 is 9.84 Å².